The fourth-order valence-corrected chi connectivity index (χ4v) is 3.26. The van der Waals surface area contributed by atoms with Crippen LogP contribution in [-0.4, -0.2) is 4.57 Å². The highest BCUT2D eigenvalue weighted by atomic mass is 15.1. The summed E-state index contributed by atoms with van der Waals surface area (Å²) < 4.78 is 4.31. The van der Waals surface area contributed by atoms with Crippen LogP contribution in [0.4, 0.5) is 0 Å². The molecule has 0 saturated carbocycles. The van der Waals surface area contributed by atoms with Gasteiger partial charge >= 0.3 is 0 Å². The van der Waals surface area contributed by atoms with Crippen molar-refractivity contribution in [1.29, 1.82) is 0 Å². The number of rotatable bonds is 16. The molecule has 24 heavy (non-hydrogen) atoms. The van der Waals surface area contributed by atoms with E-state index in [-0.39, 0.29) is 0 Å². The lowest BCUT2D eigenvalue weighted by Gasteiger charge is -2.03. The molecule has 1 heterocycles. The quantitative estimate of drug-likeness (QED) is 0.203. The number of hydrogen-bond acceptors (Lipinski definition) is 0. The second-order valence-electron chi connectivity index (χ2n) is 7.12. The third-order valence-corrected chi connectivity index (χ3v) is 4.79. The van der Waals surface area contributed by atoms with Crippen LogP contribution >= 0.6 is 0 Å². The summed E-state index contributed by atoms with van der Waals surface area (Å²) in [4.78, 5) is 0. The highest BCUT2D eigenvalue weighted by Gasteiger charge is 2.01. The zero-order chi connectivity index (χ0) is 17.3. The lowest BCUT2D eigenvalue weighted by molar-refractivity contribution is -0.696. The van der Waals surface area contributed by atoms with E-state index < -0.39 is 0 Å². The van der Waals surface area contributed by atoms with Crippen LogP contribution in [0.1, 0.15) is 96.8 Å². The molecule has 0 aliphatic heterocycles. The van der Waals surface area contributed by atoms with Gasteiger partial charge in [0.1, 0.15) is 12.4 Å². The molecular formula is C22H39N2+. The van der Waals surface area contributed by atoms with Gasteiger partial charge in [0.2, 0.25) is 6.33 Å². The van der Waals surface area contributed by atoms with Gasteiger partial charge in [0.15, 0.2) is 6.54 Å². The van der Waals surface area contributed by atoms with Gasteiger partial charge in [-0.1, -0.05) is 89.9 Å². The second kappa shape index (κ2) is 15.3. The van der Waals surface area contributed by atoms with E-state index in [1.807, 2.05) is 0 Å². The smallest absolute Gasteiger partial charge is 0.237 e. The molecule has 0 unspecified atom stereocenters. The summed E-state index contributed by atoms with van der Waals surface area (Å²) in [5.74, 6) is 2.67. The van der Waals surface area contributed by atoms with E-state index in [9.17, 15) is 0 Å². The van der Waals surface area contributed by atoms with E-state index in [4.69, 9.17) is 6.42 Å². The first-order chi connectivity index (χ1) is 11.9. The standard InChI is InChI=1S/C22H39N2/c1-3-5-6-7-8-9-10-11-12-13-14-15-16-17-19-24-21-20-23(22-24)18-4-2/h2,20-22H,3,5-19H2,1H3/q+1. The Bertz CT molecular complexity index is 427. The molecule has 1 aromatic rings. The van der Waals surface area contributed by atoms with E-state index >= 15 is 0 Å². The molecule has 136 valence electrons. The van der Waals surface area contributed by atoms with Crippen molar-refractivity contribution in [1.82, 2.24) is 4.57 Å². The number of imidazole rings is 1. The zero-order valence-corrected chi connectivity index (χ0v) is 16.0. The Balaban J connectivity index is 1.80. The number of unbranched alkanes of at least 4 members (excludes halogenated alkanes) is 13. The van der Waals surface area contributed by atoms with E-state index in [1.165, 1.54) is 89.9 Å². The Labute approximate surface area is 150 Å². The van der Waals surface area contributed by atoms with E-state index in [1.54, 1.807) is 0 Å². The molecular weight excluding hydrogens is 292 g/mol. The van der Waals surface area contributed by atoms with Crippen LogP contribution in [0.5, 0.6) is 0 Å². The van der Waals surface area contributed by atoms with Crippen molar-refractivity contribution in [2.45, 2.75) is 110 Å². The maximum atomic E-state index is 5.32. The average Bonchev–Trinajstić information content (AvgIpc) is 3.03. The fraction of sp³-hybridized carbons (Fsp3) is 0.773. The first-order valence-corrected chi connectivity index (χ1v) is 10.3. The summed E-state index contributed by atoms with van der Waals surface area (Å²) in [7, 11) is 0. The molecule has 0 N–H and O–H groups in total. The maximum absolute atomic E-state index is 5.32. The monoisotopic (exact) mass is 331 g/mol. The van der Waals surface area contributed by atoms with Gasteiger partial charge in [-0.05, 0) is 12.8 Å². The van der Waals surface area contributed by atoms with Crippen molar-refractivity contribution < 1.29 is 4.57 Å². The first kappa shape index (κ1) is 20.8. The van der Waals surface area contributed by atoms with E-state index in [0.717, 1.165) is 6.54 Å². The third-order valence-electron chi connectivity index (χ3n) is 4.79. The molecule has 0 radical (unpaired) electrons. The van der Waals surface area contributed by atoms with Crippen molar-refractivity contribution in [3.05, 3.63) is 18.7 Å². The summed E-state index contributed by atoms with van der Waals surface area (Å²) in [6, 6.07) is 0. The van der Waals surface area contributed by atoms with Gasteiger partial charge in [-0.2, -0.15) is 0 Å². The zero-order valence-electron chi connectivity index (χ0n) is 16.0. The van der Waals surface area contributed by atoms with Crippen LogP contribution < -0.4 is 4.57 Å². The predicted molar refractivity (Wildman–Crippen MR) is 104 cm³/mol. The van der Waals surface area contributed by atoms with Crippen molar-refractivity contribution in [2.75, 3.05) is 0 Å². The molecule has 0 amide bonds. The molecule has 0 saturated heterocycles. The number of aryl methyl sites for hydroxylation is 1. The number of hydrogen-bond donors (Lipinski definition) is 0. The van der Waals surface area contributed by atoms with Gasteiger partial charge in [-0.3, -0.25) is 0 Å². The summed E-state index contributed by atoms with van der Waals surface area (Å²) in [5.41, 5.74) is 0. The fourth-order valence-electron chi connectivity index (χ4n) is 3.26. The Morgan fingerprint density at radius 2 is 1.29 bits per heavy atom. The SMILES string of the molecule is C#CCn1cc[n+](CCCCCCCCCCCCCCCC)c1. The third kappa shape index (κ3) is 11.3. The molecule has 2 nitrogen and oxygen atoms in total. The minimum absolute atomic E-state index is 0.672. The summed E-state index contributed by atoms with van der Waals surface area (Å²) >= 11 is 0. The maximum Gasteiger partial charge on any atom is 0.244 e. The van der Waals surface area contributed by atoms with Crippen molar-refractivity contribution in [3.8, 4) is 12.3 Å². The lowest BCUT2D eigenvalue weighted by Crippen LogP contribution is -2.30. The number of aromatic nitrogens is 2. The molecule has 1 aromatic heterocycles. The minimum Gasteiger partial charge on any atom is -0.237 e. The van der Waals surface area contributed by atoms with Crippen molar-refractivity contribution in [2.24, 2.45) is 0 Å². The van der Waals surface area contributed by atoms with Crippen LogP contribution in [0.25, 0.3) is 0 Å². The first-order valence-electron chi connectivity index (χ1n) is 10.3. The highest BCUT2D eigenvalue weighted by Crippen LogP contribution is 2.12. The van der Waals surface area contributed by atoms with Crippen molar-refractivity contribution in [3.63, 3.8) is 0 Å². The van der Waals surface area contributed by atoms with Crippen LogP contribution in [0.15, 0.2) is 18.7 Å². The molecule has 0 aliphatic rings. The largest absolute Gasteiger partial charge is 0.244 e. The Morgan fingerprint density at radius 1 is 0.792 bits per heavy atom. The van der Waals surface area contributed by atoms with Gasteiger partial charge in [-0.15, -0.1) is 6.42 Å². The molecule has 0 spiro atoms. The Kier molecular flexibility index (Phi) is 13.3. The highest BCUT2D eigenvalue weighted by molar-refractivity contribution is 4.85. The molecule has 0 bridgehead atoms. The van der Waals surface area contributed by atoms with Gasteiger partial charge in [0, 0.05) is 0 Å². The average molecular weight is 332 g/mol. The van der Waals surface area contributed by atoms with Gasteiger partial charge in [0.05, 0.1) is 6.54 Å². The molecule has 0 atom stereocenters. The Morgan fingerprint density at radius 3 is 1.79 bits per heavy atom. The van der Waals surface area contributed by atoms with Crippen LogP contribution in [-0.2, 0) is 13.1 Å². The molecule has 0 aromatic carbocycles. The Hall–Kier alpha value is -1.23. The summed E-state index contributed by atoms with van der Waals surface area (Å²) in [6.45, 7) is 4.08. The normalized spacial score (nSPS) is 10.8. The number of nitrogens with zero attached hydrogens (tertiary/aromatic N) is 2. The summed E-state index contributed by atoms with van der Waals surface area (Å²) in [6.07, 6.45) is 31.4. The second-order valence-corrected chi connectivity index (χ2v) is 7.12. The molecule has 1 rings (SSSR count). The lowest BCUT2D eigenvalue weighted by atomic mass is 10.0. The van der Waals surface area contributed by atoms with E-state index in [0.29, 0.717) is 6.54 Å². The minimum atomic E-state index is 0.672. The van der Waals surface area contributed by atoms with E-state index in [2.05, 4.69) is 40.7 Å². The summed E-state index contributed by atoms with van der Waals surface area (Å²) in [5, 5.41) is 0. The van der Waals surface area contributed by atoms with Crippen LogP contribution in [0.3, 0.4) is 0 Å². The van der Waals surface area contributed by atoms with Gasteiger partial charge in [-0.25, -0.2) is 9.13 Å². The van der Waals surface area contributed by atoms with Gasteiger partial charge < -0.3 is 0 Å². The topological polar surface area (TPSA) is 8.81 Å². The predicted octanol–water partition coefficient (Wildman–Crippen LogP) is 5.89. The number of terminal acetylenes is 1. The molecule has 0 fully saturated rings. The van der Waals surface area contributed by atoms with Gasteiger partial charge in [0.25, 0.3) is 0 Å². The van der Waals surface area contributed by atoms with Crippen LogP contribution in [0, 0.1) is 12.3 Å². The molecule has 2 heteroatoms. The molecule has 0 aliphatic carbocycles. The van der Waals surface area contributed by atoms with Crippen molar-refractivity contribution >= 4 is 0 Å². The van der Waals surface area contributed by atoms with Crippen LogP contribution in [0.2, 0.25) is 0 Å².